The molecule has 0 aliphatic carbocycles. The Morgan fingerprint density at radius 2 is 2.10 bits per heavy atom. The van der Waals surface area contributed by atoms with Gasteiger partial charge in [0.1, 0.15) is 12.2 Å². The third-order valence-electron chi connectivity index (χ3n) is 3.08. The minimum atomic E-state index is -1.12. The van der Waals surface area contributed by atoms with Crippen molar-refractivity contribution in [3.8, 4) is 0 Å². The molecular formula is C12H20N2O6. The summed E-state index contributed by atoms with van der Waals surface area (Å²) in [5.41, 5.74) is -1.15. The first-order valence-electron chi connectivity index (χ1n) is 6.17. The Hall–Kier alpha value is -1.48. The largest absolute Gasteiger partial charge is 0.394 e. The standard InChI is InChI=1S/C12H20N2O6/c1-19-6-4-8(11(17)9(7-15)20-2)14-5-3-10(16)13-12(14)18/h3,5,8-9,11,15,17H,4,6-7H2,1-2H3,(H,13,16,18)/t8?,9-,11+/m1/s1. The van der Waals surface area contributed by atoms with Crippen molar-refractivity contribution >= 4 is 0 Å². The summed E-state index contributed by atoms with van der Waals surface area (Å²) in [6.07, 6.45) is -0.336. The van der Waals surface area contributed by atoms with Crippen molar-refractivity contribution in [3.05, 3.63) is 33.1 Å². The lowest BCUT2D eigenvalue weighted by molar-refractivity contribution is -0.0668. The highest BCUT2D eigenvalue weighted by atomic mass is 16.5. The monoisotopic (exact) mass is 288 g/mol. The van der Waals surface area contributed by atoms with E-state index in [1.165, 1.54) is 31.0 Å². The van der Waals surface area contributed by atoms with Crippen LogP contribution in [0.15, 0.2) is 21.9 Å². The fraction of sp³-hybridized carbons (Fsp3) is 0.667. The van der Waals surface area contributed by atoms with E-state index in [9.17, 15) is 14.7 Å². The zero-order valence-electron chi connectivity index (χ0n) is 11.5. The number of H-pyrrole nitrogens is 1. The van der Waals surface area contributed by atoms with E-state index in [2.05, 4.69) is 4.98 Å². The summed E-state index contributed by atoms with van der Waals surface area (Å²) >= 11 is 0. The van der Waals surface area contributed by atoms with Crippen LogP contribution in [0.3, 0.4) is 0 Å². The molecule has 0 saturated heterocycles. The van der Waals surface area contributed by atoms with Crippen LogP contribution in [-0.2, 0) is 9.47 Å². The molecule has 1 aromatic heterocycles. The van der Waals surface area contributed by atoms with E-state index in [-0.39, 0.29) is 6.61 Å². The third kappa shape index (κ3) is 4.01. The Morgan fingerprint density at radius 3 is 2.60 bits per heavy atom. The maximum atomic E-state index is 11.8. The first-order chi connectivity index (χ1) is 9.54. The van der Waals surface area contributed by atoms with Crippen molar-refractivity contribution in [1.29, 1.82) is 0 Å². The zero-order chi connectivity index (χ0) is 15.1. The van der Waals surface area contributed by atoms with Gasteiger partial charge < -0.3 is 19.7 Å². The summed E-state index contributed by atoms with van der Waals surface area (Å²) in [7, 11) is 2.85. The fourth-order valence-corrected chi connectivity index (χ4v) is 1.97. The zero-order valence-corrected chi connectivity index (χ0v) is 11.5. The molecule has 0 saturated carbocycles. The van der Waals surface area contributed by atoms with Crippen LogP contribution >= 0.6 is 0 Å². The fourth-order valence-electron chi connectivity index (χ4n) is 1.97. The molecule has 0 aromatic carbocycles. The number of hydrogen-bond acceptors (Lipinski definition) is 6. The van der Waals surface area contributed by atoms with Crippen LogP contribution in [0, 0.1) is 0 Å². The number of hydrogen-bond donors (Lipinski definition) is 3. The minimum Gasteiger partial charge on any atom is -0.394 e. The van der Waals surface area contributed by atoms with Crippen LogP contribution in [0.1, 0.15) is 12.5 Å². The topological polar surface area (TPSA) is 114 Å². The van der Waals surface area contributed by atoms with Gasteiger partial charge in [-0.25, -0.2) is 4.79 Å². The van der Waals surface area contributed by atoms with Crippen molar-refractivity contribution in [3.63, 3.8) is 0 Å². The summed E-state index contributed by atoms with van der Waals surface area (Å²) < 4.78 is 11.1. The van der Waals surface area contributed by atoms with Crippen molar-refractivity contribution < 1.29 is 19.7 Å². The smallest absolute Gasteiger partial charge is 0.328 e. The molecule has 0 bridgehead atoms. The molecule has 20 heavy (non-hydrogen) atoms. The number of nitrogens with zero attached hydrogens (tertiary/aromatic N) is 1. The van der Waals surface area contributed by atoms with E-state index >= 15 is 0 Å². The van der Waals surface area contributed by atoms with Crippen LogP contribution < -0.4 is 11.2 Å². The van der Waals surface area contributed by atoms with Crippen molar-refractivity contribution in [1.82, 2.24) is 9.55 Å². The van der Waals surface area contributed by atoms with Crippen LogP contribution in [-0.4, -0.2) is 59.4 Å². The second-order valence-corrected chi connectivity index (χ2v) is 4.31. The SMILES string of the molecule is COCCC([C@H](O)[C@@H](CO)OC)n1ccc(=O)[nH]c1=O. The van der Waals surface area contributed by atoms with Gasteiger partial charge in [0.05, 0.1) is 12.6 Å². The lowest BCUT2D eigenvalue weighted by Crippen LogP contribution is -2.43. The van der Waals surface area contributed by atoms with Crippen LogP contribution in [0.2, 0.25) is 0 Å². The summed E-state index contributed by atoms with van der Waals surface area (Å²) in [4.78, 5) is 25.0. The molecule has 3 atom stereocenters. The first-order valence-corrected chi connectivity index (χ1v) is 6.17. The van der Waals surface area contributed by atoms with Crippen LogP contribution in [0.25, 0.3) is 0 Å². The maximum Gasteiger partial charge on any atom is 0.328 e. The van der Waals surface area contributed by atoms with E-state index in [4.69, 9.17) is 14.6 Å². The Morgan fingerprint density at radius 1 is 1.40 bits per heavy atom. The quantitative estimate of drug-likeness (QED) is 0.535. The van der Waals surface area contributed by atoms with Gasteiger partial charge in [0.2, 0.25) is 0 Å². The summed E-state index contributed by atoms with van der Waals surface area (Å²) in [6.45, 7) is -0.0889. The molecule has 114 valence electrons. The van der Waals surface area contributed by atoms with Crippen molar-refractivity contribution in [2.24, 2.45) is 0 Å². The summed E-state index contributed by atoms with van der Waals surface area (Å²) in [5.74, 6) is 0. The Labute approximate surface area is 115 Å². The molecular weight excluding hydrogens is 268 g/mol. The normalized spacial score (nSPS) is 15.8. The van der Waals surface area contributed by atoms with E-state index < -0.39 is 29.5 Å². The summed E-state index contributed by atoms with van der Waals surface area (Å²) in [5, 5.41) is 19.4. The van der Waals surface area contributed by atoms with Gasteiger partial charge in [-0.05, 0) is 6.42 Å². The highest BCUT2D eigenvalue weighted by Gasteiger charge is 2.29. The van der Waals surface area contributed by atoms with Gasteiger partial charge in [-0.1, -0.05) is 0 Å². The van der Waals surface area contributed by atoms with Gasteiger partial charge in [-0.15, -0.1) is 0 Å². The molecule has 0 amide bonds. The molecule has 0 aliphatic heterocycles. The van der Waals surface area contributed by atoms with Gasteiger partial charge in [0.25, 0.3) is 5.56 Å². The average molecular weight is 288 g/mol. The number of methoxy groups -OCH3 is 2. The molecule has 0 fully saturated rings. The number of aromatic nitrogens is 2. The highest BCUT2D eigenvalue weighted by molar-refractivity contribution is 4.90. The molecule has 1 heterocycles. The molecule has 8 heteroatoms. The van der Waals surface area contributed by atoms with E-state index in [1.807, 2.05) is 0 Å². The predicted molar refractivity (Wildman–Crippen MR) is 70.7 cm³/mol. The van der Waals surface area contributed by atoms with Gasteiger partial charge in [0.15, 0.2) is 0 Å². The minimum absolute atomic E-state index is 0.301. The first kappa shape index (κ1) is 16.6. The Balaban J connectivity index is 3.10. The Kier molecular flexibility index (Phi) is 6.59. The number of rotatable bonds is 8. The molecule has 1 unspecified atom stereocenters. The summed E-state index contributed by atoms with van der Waals surface area (Å²) in [6, 6.07) is 0.505. The number of aliphatic hydroxyl groups excluding tert-OH is 2. The molecule has 0 radical (unpaired) electrons. The molecule has 8 nitrogen and oxygen atoms in total. The van der Waals surface area contributed by atoms with Gasteiger partial charge in [-0.2, -0.15) is 0 Å². The van der Waals surface area contributed by atoms with Crippen molar-refractivity contribution in [2.75, 3.05) is 27.4 Å². The Bertz CT molecular complexity index is 507. The second-order valence-electron chi connectivity index (χ2n) is 4.31. The molecule has 1 rings (SSSR count). The molecule has 3 N–H and O–H groups in total. The van der Waals surface area contributed by atoms with Gasteiger partial charge in [-0.3, -0.25) is 14.3 Å². The van der Waals surface area contributed by atoms with Crippen LogP contribution in [0.4, 0.5) is 0 Å². The predicted octanol–water partition coefficient (Wildman–Crippen LogP) is -1.52. The highest BCUT2D eigenvalue weighted by Crippen LogP contribution is 2.18. The van der Waals surface area contributed by atoms with E-state index in [0.717, 1.165) is 0 Å². The number of aliphatic hydroxyl groups is 2. The number of aromatic amines is 1. The average Bonchev–Trinajstić information content (AvgIpc) is 2.42. The second kappa shape index (κ2) is 7.95. The number of ether oxygens (including phenoxy) is 2. The van der Waals surface area contributed by atoms with Crippen LogP contribution in [0.5, 0.6) is 0 Å². The van der Waals surface area contributed by atoms with Gasteiger partial charge >= 0.3 is 5.69 Å². The lowest BCUT2D eigenvalue weighted by Gasteiger charge is -2.29. The molecule has 1 aromatic rings. The third-order valence-corrected chi connectivity index (χ3v) is 3.08. The number of nitrogens with one attached hydrogen (secondary N) is 1. The van der Waals surface area contributed by atoms with Crippen molar-refractivity contribution in [2.45, 2.75) is 24.7 Å². The van der Waals surface area contributed by atoms with Gasteiger partial charge in [0, 0.05) is 33.1 Å². The molecule has 0 spiro atoms. The lowest BCUT2D eigenvalue weighted by atomic mass is 10.0. The maximum absolute atomic E-state index is 11.8. The molecule has 0 aliphatic rings. The van der Waals surface area contributed by atoms with E-state index in [1.54, 1.807) is 0 Å². The van der Waals surface area contributed by atoms with E-state index in [0.29, 0.717) is 13.0 Å².